The maximum atomic E-state index is 12.4. The van der Waals surface area contributed by atoms with E-state index in [1.54, 1.807) is 34.9 Å². The van der Waals surface area contributed by atoms with Gasteiger partial charge in [0.25, 0.3) is 5.91 Å². The molecule has 0 N–H and O–H groups in total. The summed E-state index contributed by atoms with van der Waals surface area (Å²) in [6.07, 6.45) is -0.624. The lowest BCUT2D eigenvalue weighted by Crippen LogP contribution is -2.52. The van der Waals surface area contributed by atoms with E-state index in [0.29, 0.717) is 42.0 Å². The van der Waals surface area contributed by atoms with Crippen LogP contribution < -0.4 is 4.74 Å². The van der Waals surface area contributed by atoms with Crippen LogP contribution in [0, 0.1) is 0 Å². The van der Waals surface area contributed by atoms with E-state index < -0.39 is 6.10 Å². The summed E-state index contributed by atoms with van der Waals surface area (Å²) in [6.45, 7) is 5.39. The minimum atomic E-state index is -0.624. The minimum Gasteiger partial charge on any atom is -0.481 e. The number of halogens is 2. The molecule has 1 heterocycles. The molecule has 0 aromatic heterocycles. The van der Waals surface area contributed by atoms with Crippen LogP contribution >= 0.6 is 23.2 Å². The Morgan fingerprint density at radius 1 is 1.09 bits per heavy atom. The topological polar surface area (TPSA) is 49.9 Å². The molecule has 0 spiro atoms. The Morgan fingerprint density at radius 3 is 2.23 bits per heavy atom. The third-order valence-electron chi connectivity index (χ3n) is 3.59. The zero-order chi connectivity index (χ0) is 16.3. The van der Waals surface area contributed by atoms with E-state index in [4.69, 9.17) is 27.9 Å². The van der Waals surface area contributed by atoms with Gasteiger partial charge in [-0.2, -0.15) is 0 Å². The summed E-state index contributed by atoms with van der Waals surface area (Å²) in [5, 5.41) is 0.822. The average Bonchev–Trinajstić information content (AvgIpc) is 2.50. The summed E-state index contributed by atoms with van der Waals surface area (Å²) in [6, 6.07) is 4.88. The van der Waals surface area contributed by atoms with Gasteiger partial charge in [0.15, 0.2) is 6.10 Å². The fraction of sp³-hybridized carbons (Fsp3) is 0.467. The van der Waals surface area contributed by atoms with Crippen molar-refractivity contribution >= 4 is 35.0 Å². The second-order valence-electron chi connectivity index (χ2n) is 5.17. The molecular weight excluding hydrogens is 327 g/mol. The SMILES string of the molecule is CC(=O)N1CCN(C(=O)C(C)Oc2ccc(Cl)c(Cl)c2)CC1. The van der Waals surface area contributed by atoms with Crippen molar-refractivity contribution in [1.29, 1.82) is 0 Å². The highest BCUT2D eigenvalue weighted by Gasteiger charge is 2.26. The highest BCUT2D eigenvalue weighted by Crippen LogP contribution is 2.27. The highest BCUT2D eigenvalue weighted by atomic mass is 35.5. The van der Waals surface area contributed by atoms with Gasteiger partial charge in [0.1, 0.15) is 5.75 Å². The molecule has 1 aliphatic heterocycles. The Kier molecular flexibility index (Phi) is 5.53. The predicted octanol–water partition coefficient (Wildman–Crippen LogP) is 2.45. The summed E-state index contributed by atoms with van der Waals surface area (Å²) in [7, 11) is 0. The quantitative estimate of drug-likeness (QED) is 0.846. The zero-order valence-electron chi connectivity index (χ0n) is 12.5. The minimum absolute atomic E-state index is 0.0344. The third kappa shape index (κ3) is 4.05. The number of carbonyl (C=O) groups excluding carboxylic acids is 2. The molecule has 120 valence electrons. The number of benzene rings is 1. The Balaban J connectivity index is 1.92. The van der Waals surface area contributed by atoms with E-state index in [0.717, 1.165) is 0 Å². The first-order valence-corrected chi connectivity index (χ1v) is 7.80. The number of carbonyl (C=O) groups is 2. The number of nitrogens with zero attached hydrogens (tertiary/aromatic N) is 2. The van der Waals surface area contributed by atoms with Crippen molar-refractivity contribution in [3.05, 3.63) is 28.2 Å². The van der Waals surface area contributed by atoms with E-state index in [1.807, 2.05) is 0 Å². The van der Waals surface area contributed by atoms with E-state index in [9.17, 15) is 9.59 Å². The molecule has 1 aromatic rings. The van der Waals surface area contributed by atoms with Crippen LogP contribution in [0.15, 0.2) is 18.2 Å². The molecule has 1 atom stereocenters. The van der Waals surface area contributed by atoms with Crippen LogP contribution in [0.5, 0.6) is 5.75 Å². The number of hydrogen-bond acceptors (Lipinski definition) is 3. The molecule has 0 saturated carbocycles. The second-order valence-corrected chi connectivity index (χ2v) is 5.98. The van der Waals surface area contributed by atoms with Gasteiger partial charge in [-0.3, -0.25) is 9.59 Å². The molecule has 0 aliphatic carbocycles. The number of rotatable bonds is 3. The average molecular weight is 345 g/mol. The molecule has 0 bridgehead atoms. The van der Waals surface area contributed by atoms with Gasteiger partial charge < -0.3 is 14.5 Å². The Labute approximate surface area is 139 Å². The monoisotopic (exact) mass is 344 g/mol. The lowest BCUT2D eigenvalue weighted by Gasteiger charge is -2.35. The number of ether oxygens (including phenoxy) is 1. The Bertz CT molecular complexity index is 572. The highest BCUT2D eigenvalue weighted by molar-refractivity contribution is 6.42. The Hall–Kier alpha value is -1.46. The number of amides is 2. The molecule has 7 heteroatoms. The van der Waals surface area contributed by atoms with Crippen LogP contribution in [0.2, 0.25) is 10.0 Å². The summed E-state index contributed by atoms with van der Waals surface area (Å²) >= 11 is 11.8. The second kappa shape index (κ2) is 7.20. The van der Waals surface area contributed by atoms with Gasteiger partial charge in [-0.25, -0.2) is 0 Å². The van der Waals surface area contributed by atoms with Crippen molar-refractivity contribution in [3.8, 4) is 5.75 Å². The number of hydrogen-bond donors (Lipinski definition) is 0. The summed E-state index contributed by atoms with van der Waals surface area (Å²) in [4.78, 5) is 27.1. The largest absolute Gasteiger partial charge is 0.481 e. The van der Waals surface area contributed by atoms with Crippen LogP contribution in [-0.4, -0.2) is 53.9 Å². The smallest absolute Gasteiger partial charge is 0.263 e. The molecule has 5 nitrogen and oxygen atoms in total. The zero-order valence-corrected chi connectivity index (χ0v) is 14.0. The lowest BCUT2D eigenvalue weighted by atomic mass is 10.2. The molecule has 2 rings (SSSR count). The summed E-state index contributed by atoms with van der Waals surface area (Å²) < 4.78 is 5.62. The molecule has 1 fully saturated rings. The van der Waals surface area contributed by atoms with E-state index in [-0.39, 0.29) is 11.8 Å². The van der Waals surface area contributed by atoms with Gasteiger partial charge in [-0.05, 0) is 19.1 Å². The van der Waals surface area contributed by atoms with E-state index in [2.05, 4.69) is 0 Å². The van der Waals surface area contributed by atoms with Crippen molar-refractivity contribution in [2.45, 2.75) is 20.0 Å². The molecule has 1 aliphatic rings. The van der Waals surface area contributed by atoms with Crippen molar-refractivity contribution in [2.24, 2.45) is 0 Å². The van der Waals surface area contributed by atoms with Gasteiger partial charge in [-0.1, -0.05) is 23.2 Å². The van der Waals surface area contributed by atoms with Crippen LogP contribution in [0.25, 0.3) is 0 Å². The molecular formula is C15H18Cl2N2O3. The molecule has 1 saturated heterocycles. The van der Waals surface area contributed by atoms with E-state index in [1.165, 1.54) is 6.92 Å². The summed E-state index contributed by atoms with van der Waals surface area (Å²) in [5.74, 6) is 0.430. The normalized spacial score (nSPS) is 16.4. The van der Waals surface area contributed by atoms with Crippen molar-refractivity contribution in [1.82, 2.24) is 9.80 Å². The first-order valence-electron chi connectivity index (χ1n) is 7.04. The maximum absolute atomic E-state index is 12.4. The van der Waals surface area contributed by atoms with Crippen LogP contribution in [0.3, 0.4) is 0 Å². The standard InChI is InChI=1S/C15H18Cl2N2O3/c1-10(22-12-3-4-13(16)14(17)9-12)15(21)19-7-5-18(6-8-19)11(2)20/h3-4,9-10H,5-8H2,1-2H3. The predicted molar refractivity (Wildman–Crippen MR) is 85.4 cm³/mol. The molecule has 2 amide bonds. The van der Waals surface area contributed by atoms with Gasteiger partial charge >= 0.3 is 0 Å². The fourth-order valence-corrected chi connectivity index (χ4v) is 2.59. The fourth-order valence-electron chi connectivity index (χ4n) is 2.30. The molecule has 0 radical (unpaired) electrons. The first-order chi connectivity index (χ1) is 10.4. The summed E-state index contributed by atoms with van der Waals surface area (Å²) in [5.41, 5.74) is 0. The first kappa shape index (κ1) is 16.9. The lowest BCUT2D eigenvalue weighted by molar-refractivity contribution is -0.143. The van der Waals surface area contributed by atoms with Gasteiger partial charge in [0, 0.05) is 39.2 Å². The molecule has 1 aromatic carbocycles. The Morgan fingerprint density at radius 2 is 1.68 bits per heavy atom. The van der Waals surface area contributed by atoms with Crippen molar-refractivity contribution < 1.29 is 14.3 Å². The van der Waals surface area contributed by atoms with Gasteiger partial charge in [-0.15, -0.1) is 0 Å². The van der Waals surface area contributed by atoms with Crippen molar-refractivity contribution in [2.75, 3.05) is 26.2 Å². The number of piperazine rings is 1. The van der Waals surface area contributed by atoms with Gasteiger partial charge in [0.2, 0.25) is 5.91 Å². The van der Waals surface area contributed by atoms with Crippen molar-refractivity contribution in [3.63, 3.8) is 0 Å². The molecule has 22 heavy (non-hydrogen) atoms. The van der Waals surface area contributed by atoms with Gasteiger partial charge in [0.05, 0.1) is 10.0 Å². The third-order valence-corrected chi connectivity index (χ3v) is 4.33. The molecule has 1 unspecified atom stereocenters. The van der Waals surface area contributed by atoms with Crippen LogP contribution in [-0.2, 0) is 9.59 Å². The van der Waals surface area contributed by atoms with E-state index >= 15 is 0 Å². The van der Waals surface area contributed by atoms with Crippen LogP contribution in [0.1, 0.15) is 13.8 Å². The van der Waals surface area contributed by atoms with Crippen LogP contribution in [0.4, 0.5) is 0 Å². The maximum Gasteiger partial charge on any atom is 0.263 e.